The molecule has 5 rings (SSSR count). The Morgan fingerprint density at radius 3 is 2.21 bits per heavy atom. The molecule has 1 heterocycles. The van der Waals surface area contributed by atoms with E-state index >= 15 is 0 Å². The van der Waals surface area contributed by atoms with Crippen molar-refractivity contribution in [2.75, 3.05) is 25.0 Å². The third-order valence-electron chi connectivity index (χ3n) is 6.58. The van der Waals surface area contributed by atoms with Crippen LogP contribution in [0.25, 0.3) is 11.1 Å². The van der Waals surface area contributed by atoms with E-state index < -0.39 is 17.5 Å². The van der Waals surface area contributed by atoms with Gasteiger partial charge < -0.3 is 14.7 Å². The molecular weight excluding hydrogens is 432 g/mol. The molecule has 0 spiro atoms. The Kier molecular flexibility index (Phi) is 5.32. The van der Waals surface area contributed by atoms with E-state index in [0.29, 0.717) is 11.3 Å². The average molecular weight is 456 g/mol. The first-order valence-corrected chi connectivity index (χ1v) is 11.1. The van der Waals surface area contributed by atoms with Crippen molar-refractivity contribution in [1.82, 2.24) is 4.90 Å². The maximum Gasteiger partial charge on any atom is 0.411 e. The molecular formula is C27H24N2O5. The Balaban J connectivity index is 1.23. The molecule has 0 radical (unpaired) electrons. The van der Waals surface area contributed by atoms with Gasteiger partial charge in [-0.15, -0.1) is 0 Å². The van der Waals surface area contributed by atoms with E-state index in [-0.39, 0.29) is 31.5 Å². The van der Waals surface area contributed by atoms with Crippen molar-refractivity contribution in [1.29, 1.82) is 0 Å². The summed E-state index contributed by atoms with van der Waals surface area (Å²) in [5.41, 5.74) is 4.48. The van der Waals surface area contributed by atoms with Crippen molar-refractivity contribution in [3.8, 4) is 11.1 Å². The molecule has 3 aromatic carbocycles. The highest BCUT2D eigenvalue weighted by Gasteiger charge is 2.47. The maximum absolute atomic E-state index is 12.7. The van der Waals surface area contributed by atoms with Crippen LogP contribution in [0.4, 0.5) is 10.5 Å². The molecule has 0 aromatic heterocycles. The quantitative estimate of drug-likeness (QED) is 0.585. The molecule has 2 N–H and O–H groups in total. The van der Waals surface area contributed by atoms with Crippen molar-refractivity contribution < 1.29 is 24.2 Å². The standard InChI is InChI=1S/C27H24N2O5/c1-27(25(31)32)15-29(16-27)24(30)17-7-6-8-18(13-17)28-26(33)34-14-23-21-11-4-2-9-19(21)20-10-3-5-12-22(20)23/h2-13,23H,14-16H2,1H3,(H,28,33)(H,31,32). The lowest BCUT2D eigenvalue weighted by atomic mass is 9.81. The number of carbonyl (C=O) groups excluding carboxylic acids is 2. The predicted molar refractivity (Wildman–Crippen MR) is 127 cm³/mol. The molecule has 0 unspecified atom stereocenters. The minimum Gasteiger partial charge on any atom is -0.481 e. The van der Waals surface area contributed by atoms with Gasteiger partial charge in [-0.25, -0.2) is 4.79 Å². The van der Waals surface area contributed by atoms with Gasteiger partial charge >= 0.3 is 12.1 Å². The highest BCUT2D eigenvalue weighted by Crippen LogP contribution is 2.44. The molecule has 34 heavy (non-hydrogen) atoms. The fourth-order valence-corrected chi connectivity index (χ4v) is 4.74. The summed E-state index contributed by atoms with van der Waals surface area (Å²) in [5.74, 6) is -1.22. The van der Waals surface area contributed by atoms with E-state index in [1.54, 1.807) is 31.2 Å². The number of aliphatic carboxylic acids is 1. The van der Waals surface area contributed by atoms with E-state index in [0.717, 1.165) is 22.3 Å². The summed E-state index contributed by atoms with van der Waals surface area (Å²) in [6.07, 6.45) is -0.603. The summed E-state index contributed by atoms with van der Waals surface area (Å²) in [4.78, 5) is 38.0. The van der Waals surface area contributed by atoms with Crippen LogP contribution in [-0.2, 0) is 9.53 Å². The lowest BCUT2D eigenvalue weighted by Crippen LogP contribution is -2.60. The number of nitrogens with zero attached hydrogens (tertiary/aromatic N) is 1. The number of hydrogen-bond acceptors (Lipinski definition) is 4. The lowest BCUT2D eigenvalue weighted by Gasteiger charge is -2.44. The zero-order valence-electron chi connectivity index (χ0n) is 18.7. The molecule has 1 aliphatic carbocycles. The normalized spacial score (nSPS) is 15.6. The molecule has 2 aliphatic rings. The molecule has 1 saturated heterocycles. The number of carbonyl (C=O) groups is 3. The molecule has 1 aliphatic heterocycles. The van der Waals surface area contributed by atoms with E-state index in [4.69, 9.17) is 4.74 Å². The van der Waals surface area contributed by atoms with Crippen molar-refractivity contribution in [2.45, 2.75) is 12.8 Å². The molecule has 7 nitrogen and oxygen atoms in total. The van der Waals surface area contributed by atoms with E-state index in [1.807, 2.05) is 24.3 Å². The number of carboxylic acid groups (broad SMARTS) is 1. The molecule has 7 heteroatoms. The first-order valence-electron chi connectivity index (χ1n) is 11.1. The van der Waals surface area contributed by atoms with Gasteiger partial charge in [0.05, 0.1) is 0 Å². The van der Waals surface area contributed by atoms with E-state index in [9.17, 15) is 19.5 Å². The number of anilines is 1. The minimum absolute atomic E-state index is 0.0407. The summed E-state index contributed by atoms with van der Waals surface area (Å²) < 4.78 is 5.57. The Labute approximate surface area is 197 Å². The second-order valence-corrected chi connectivity index (χ2v) is 9.06. The Bertz CT molecular complexity index is 1250. The number of fused-ring (bicyclic) bond motifs is 3. The second kappa shape index (κ2) is 8.33. The Morgan fingerprint density at radius 2 is 1.59 bits per heavy atom. The van der Waals surface area contributed by atoms with Crippen molar-refractivity contribution in [2.24, 2.45) is 5.41 Å². The van der Waals surface area contributed by atoms with Crippen LogP contribution < -0.4 is 5.32 Å². The summed E-state index contributed by atoms with van der Waals surface area (Å²) in [6, 6.07) is 22.8. The van der Waals surface area contributed by atoms with Gasteiger partial charge in [0, 0.05) is 30.3 Å². The van der Waals surface area contributed by atoms with Gasteiger partial charge in [-0.2, -0.15) is 0 Å². The van der Waals surface area contributed by atoms with Crippen LogP contribution in [-0.4, -0.2) is 47.7 Å². The van der Waals surface area contributed by atoms with Crippen LogP contribution in [0.15, 0.2) is 72.8 Å². The molecule has 172 valence electrons. The lowest BCUT2D eigenvalue weighted by molar-refractivity contribution is -0.155. The summed E-state index contributed by atoms with van der Waals surface area (Å²) in [7, 11) is 0. The molecule has 2 amide bonds. The number of amides is 2. The van der Waals surface area contributed by atoms with Gasteiger partial charge in [0.25, 0.3) is 5.91 Å². The third kappa shape index (κ3) is 3.79. The number of likely N-dealkylation sites (tertiary alicyclic amines) is 1. The molecule has 0 atom stereocenters. The smallest absolute Gasteiger partial charge is 0.411 e. The molecule has 0 bridgehead atoms. The Hall–Kier alpha value is -4.13. The van der Waals surface area contributed by atoms with Crippen LogP contribution in [0.5, 0.6) is 0 Å². The van der Waals surface area contributed by atoms with Crippen LogP contribution in [0.2, 0.25) is 0 Å². The maximum atomic E-state index is 12.7. The zero-order chi connectivity index (χ0) is 23.9. The molecule has 0 saturated carbocycles. The van der Waals surface area contributed by atoms with Crippen molar-refractivity contribution >= 4 is 23.7 Å². The van der Waals surface area contributed by atoms with E-state index in [2.05, 4.69) is 29.6 Å². The van der Waals surface area contributed by atoms with Crippen molar-refractivity contribution in [3.63, 3.8) is 0 Å². The van der Waals surface area contributed by atoms with Gasteiger partial charge in [0.2, 0.25) is 0 Å². The van der Waals surface area contributed by atoms with E-state index in [1.165, 1.54) is 4.90 Å². The van der Waals surface area contributed by atoms with Crippen LogP contribution >= 0.6 is 0 Å². The van der Waals surface area contributed by atoms with Gasteiger partial charge in [-0.1, -0.05) is 54.6 Å². The van der Waals surface area contributed by atoms with Crippen molar-refractivity contribution in [3.05, 3.63) is 89.5 Å². The third-order valence-corrected chi connectivity index (χ3v) is 6.58. The highest BCUT2D eigenvalue weighted by molar-refractivity contribution is 5.98. The van der Waals surface area contributed by atoms with Crippen LogP contribution in [0.3, 0.4) is 0 Å². The number of ether oxygens (including phenoxy) is 1. The summed E-state index contributed by atoms with van der Waals surface area (Å²) in [5, 5.41) is 11.9. The number of rotatable bonds is 5. The molecule has 1 fully saturated rings. The van der Waals surface area contributed by atoms with Gasteiger partial charge in [-0.3, -0.25) is 14.9 Å². The zero-order valence-corrected chi connectivity index (χ0v) is 18.7. The number of nitrogens with one attached hydrogen (secondary N) is 1. The largest absolute Gasteiger partial charge is 0.481 e. The van der Waals surface area contributed by atoms with Crippen LogP contribution in [0.1, 0.15) is 34.3 Å². The first kappa shape index (κ1) is 21.7. The van der Waals surface area contributed by atoms with Crippen LogP contribution in [0, 0.1) is 5.41 Å². The fourth-order valence-electron chi connectivity index (χ4n) is 4.74. The van der Waals surface area contributed by atoms with Gasteiger partial charge in [0.1, 0.15) is 12.0 Å². The van der Waals surface area contributed by atoms with Gasteiger partial charge in [-0.05, 0) is 47.4 Å². The summed E-state index contributed by atoms with van der Waals surface area (Å²) >= 11 is 0. The highest BCUT2D eigenvalue weighted by atomic mass is 16.5. The topological polar surface area (TPSA) is 95.9 Å². The SMILES string of the molecule is CC1(C(=O)O)CN(C(=O)c2cccc(NC(=O)OCC3c4ccccc4-c4ccccc43)c2)C1. The Morgan fingerprint density at radius 1 is 0.971 bits per heavy atom. The fraction of sp³-hybridized carbons (Fsp3) is 0.222. The molecule has 3 aromatic rings. The average Bonchev–Trinajstić information content (AvgIpc) is 3.14. The second-order valence-electron chi connectivity index (χ2n) is 9.06. The predicted octanol–water partition coefficient (Wildman–Crippen LogP) is 4.59. The first-order chi connectivity index (χ1) is 16.4. The monoisotopic (exact) mass is 456 g/mol. The number of hydrogen-bond donors (Lipinski definition) is 2. The number of carboxylic acids is 1. The minimum atomic E-state index is -0.915. The van der Waals surface area contributed by atoms with Gasteiger partial charge in [0.15, 0.2) is 0 Å². The summed E-state index contributed by atoms with van der Waals surface area (Å²) in [6.45, 7) is 2.13. The number of benzene rings is 3.